The third kappa shape index (κ3) is 5.39. The van der Waals surface area contributed by atoms with Gasteiger partial charge < -0.3 is 15.2 Å². The molecule has 1 aliphatic carbocycles. The van der Waals surface area contributed by atoms with Crippen LogP contribution in [0.3, 0.4) is 0 Å². The van der Waals surface area contributed by atoms with Crippen LogP contribution in [0.4, 0.5) is 0 Å². The van der Waals surface area contributed by atoms with Gasteiger partial charge >= 0.3 is 11.9 Å². The summed E-state index contributed by atoms with van der Waals surface area (Å²) in [6.45, 7) is 0. The summed E-state index contributed by atoms with van der Waals surface area (Å²) in [7, 11) is 0. The summed E-state index contributed by atoms with van der Waals surface area (Å²) in [5, 5.41) is 11.6. The van der Waals surface area contributed by atoms with Gasteiger partial charge in [-0.25, -0.2) is 4.79 Å². The van der Waals surface area contributed by atoms with Crippen molar-refractivity contribution in [3.8, 4) is 0 Å². The molecule has 0 heterocycles. The van der Waals surface area contributed by atoms with E-state index in [-0.39, 0.29) is 12.5 Å². The summed E-state index contributed by atoms with van der Waals surface area (Å²) in [5.41, 5.74) is 0.347. The zero-order valence-electron chi connectivity index (χ0n) is 12.9. The minimum absolute atomic E-state index is 0.129. The van der Waals surface area contributed by atoms with E-state index in [1.54, 1.807) is 30.3 Å². The monoisotopic (exact) mass is 319 g/mol. The van der Waals surface area contributed by atoms with Gasteiger partial charge in [-0.15, -0.1) is 0 Å². The molecule has 0 aromatic heterocycles. The quantitative estimate of drug-likeness (QED) is 0.784. The molecule has 1 fully saturated rings. The fraction of sp³-hybridized carbons (Fsp3) is 0.471. The molecule has 0 aliphatic heterocycles. The van der Waals surface area contributed by atoms with Crippen LogP contribution in [0.15, 0.2) is 30.3 Å². The van der Waals surface area contributed by atoms with Crippen molar-refractivity contribution in [2.75, 3.05) is 0 Å². The lowest BCUT2D eigenvalue weighted by Gasteiger charge is -2.22. The fourth-order valence-corrected chi connectivity index (χ4v) is 2.61. The van der Waals surface area contributed by atoms with E-state index in [1.807, 2.05) is 0 Å². The number of carboxylic acids is 1. The Kier molecular flexibility index (Phi) is 6.14. The molecule has 0 spiro atoms. The van der Waals surface area contributed by atoms with Gasteiger partial charge in [0.2, 0.25) is 0 Å². The number of ether oxygens (including phenoxy) is 1. The van der Waals surface area contributed by atoms with Gasteiger partial charge in [0, 0.05) is 5.56 Å². The number of carboxylic acid groups (broad SMARTS) is 1. The highest BCUT2D eigenvalue weighted by atomic mass is 16.5. The Morgan fingerprint density at radius 1 is 1.13 bits per heavy atom. The third-order valence-corrected chi connectivity index (χ3v) is 3.86. The number of rotatable bonds is 6. The van der Waals surface area contributed by atoms with Crippen LogP contribution in [0.5, 0.6) is 0 Å². The normalized spacial score (nSPS) is 16.3. The molecule has 1 aromatic rings. The van der Waals surface area contributed by atoms with Gasteiger partial charge in [0.15, 0.2) is 0 Å². The predicted octanol–water partition coefficient (Wildman–Crippen LogP) is 2.14. The van der Waals surface area contributed by atoms with Gasteiger partial charge in [0.25, 0.3) is 5.91 Å². The molecule has 1 atom stereocenters. The summed E-state index contributed by atoms with van der Waals surface area (Å²) in [4.78, 5) is 35.2. The highest BCUT2D eigenvalue weighted by molar-refractivity contribution is 5.97. The van der Waals surface area contributed by atoms with Gasteiger partial charge in [-0.1, -0.05) is 24.6 Å². The van der Waals surface area contributed by atoms with E-state index in [1.165, 1.54) is 0 Å². The van der Waals surface area contributed by atoms with E-state index >= 15 is 0 Å². The first-order valence-corrected chi connectivity index (χ1v) is 7.84. The Morgan fingerprint density at radius 3 is 2.39 bits per heavy atom. The van der Waals surface area contributed by atoms with Gasteiger partial charge in [-0.05, 0) is 37.8 Å². The predicted molar refractivity (Wildman–Crippen MR) is 82.9 cm³/mol. The third-order valence-electron chi connectivity index (χ3n) is 3.86. The van der Waals surface area contributed by atoms with Crippen LogP contribution in [0.25, 0.3) is 0 Å². The van der Waals surface area contributed by atoms with Gasteiger partial charge in [-0.3, -0.25) is 9.59 Å². The van der Waals surface area contributed by atoms with Crippen molar-refractivity contribution in [1.29, 1.82) is 0 Å². The van der Waals surface area contributed by atoms with E-state index in [0.29, 0.717) is 5.56 Å². The molecular weight excluding hydrogens is 298 g/mol. The second-order valence-corrected chi connectivity index (χ2v) is 5.68. The molecule has 2 rings (SSSR count). The summed E-state index contributed by atoms with van der Waals surface area (Å²) in [6, 6.07) is 6.99. The molecule has 6 heteroatoms. The topological polar surface area (TPSA) is 92.7 Å². The molecule has 1 amide bonds. The Labute approximate surface area is 134 Å². The molecular formula is C17H21NO5. The van der Waals surface area contributed by atoms with Crippen LogP contribution < -0.4 is 5.32 Å². The number of aliphatic carboxylic acids is 1. The maximum absolute atomic E-state index is 12.0. The largest absolute Gasteiger partial charge is 0.480 e. The number of benzene rings is 1. The number of esters is 1. The van der Waals surface area contributed by atoms with Crippen molar-refractivity contribution in [1.82, 2.24) is 5.32 Å². The lowest BCUT2D eigenvalue weighted by atomic mass is 9.98. The lowest BCUT2D eigenvalue weighted by molar-refractivity contribution is -0.154. The van der Waals surface area contributed by atoms with E-state index in [4.69, 9.17) is 4.74 Å². The van der Waals surface area contributed by atoms with Crippen molar-refractivity contribution in [2.24, 2.45) is 0 Å². The second-order valence-electron chi connectivity index (χ2n) is 5.68. The summed E-state index contributed by atoms with van der Waals surface area (Å²) < 4.78 is 5.31. The number of hydrogen-bond acceptors (Lipinski definition) is 4. The molecule has 1 aromatic carbocycles. The number of carbonyl (C=O) groups excluding carboxylic acids is 2. The van der Waals surface area contributed by atoms with Crippen LogP contribution in [-0.4, -0.2) is 35.1 Å². The Balaban J connectivity index is 1.89. The second kappa shape index (κ2) is 8.31. The van der Waals surface area contributed by atoms with Gasteiger partial charge in [-0.2, -0.15) is 0 Å². The van der Waals surface area contributed by atoms with Gasteiger partial charge in [0.1, 0.15) is 12.1 Å². The Bertz CT molecular complexity index is 551. The first-order chi connectivity index (χ1) is 11.1. The van der Waals surface area contributed by atoms with Crippen LogP contribution >= 0.6 is 0 Å². The molecule has 0 radical (unpaired) electrons. The summed E-state index contributed by atoms with van der Waals surface area (Å²) >= 11 is 0. The minimum Gasteiger partial charge on any atom is -0.480 e. The van der Waals surface area contributed by atoms with Crippen molar-refractivity contribution in [3.63, 3.8) is 0 Å². The van der Waals surface area contributed by atoms with Crippen molar-refractivity contribution < 1.29 is 24.2 Å². The van der Waals surface area contributed by atoms with Crippen molar-refractivity contribution >= 4 is 17.8 Å². The smallest absolute Gasteiger partial charge is 0.326 e. The molecule has 0 unspecified atom stereocenters. The average Bonchev–Trinajstić information content (AvgIpc) is 2.55. The maximum atomic E-state index is 12.0. The zero-order valence-corrected chi connectivity index (χ0v) is 12.9. The standard InChI is InChI=1S/C17H21NO5/c19-15(23-13-9-5-2-6-10-13)11-14(17(21)22)18-16(20)12-7-3-1-4-8-12/h1,3-4,7-8,13-14H,2,5-6,9-11H2,(H,18,20)(H,21,22)/t14-/m0/s1. The van der Waals surface area contributed by atoms with Crippen LogP contribution in [0, 0.1) is 0 Å². The Morgan fingerprint density at radius 2 is 1.78 bits per heavy atom. The van der Waals surface area contributed by atoms with Crippen LogP contribution in [0.1, 0.15) is 48.9 Å². The van der Waals surface area contributed by atoms with Crippen molar-refractivity contribution in [2.45, 2.75) is 50.7 Å². The molecule has 124 valence electrons. The summed E-state index contributed by atoms with van der Waals surface area (Å²) in [6.07, 6.45) is 4.31. The minimum atomic E-state index is -1.29. The zero-order chi connectivity index (χ0) is 16.7. The molecule has 1 saturated carbocycles. The average molecular weight is 319 g/mol. The van der Waals surface area contributed by atoms with E-state index in [9.17, 15) is 19.5 Å². The molecule has 23 heavy (non-hydrogen) atoms. The first kappa shape index (κ1) is 17.0. The molecule has 2 N–H and O–H groups in total. The Hall–Kier alpha value is -2.37. The van der Waals surface area contributed by atoms with Crippen LogP contribution in [-0.2, 0) is 14.3 Å². The van der Waals surface area contributed by atoms with Gasteiger partial charge in [0.05, 0.1) is 6.42 Å². The van der Waals surface area contributed by atoms with Crippen LogP contribution in [0.2, 0.25) is 0 Å². The highest BCUT2D eigenvalue weighted by Crippen LogP contribution is 2.20. The lowest BCUT2D eigenvalue weighted by Crippen LogP contribution is -2.42. The van der Waals surface area contributed by atoms with E-state index in [2.05, 4.69) is 5.32 Å². The van der Waals surface area contributed by atoms with E-state index in [0.717, 1.165) is 32.1 Å². The number of nitrogens with one attached hydrogen (secondary N) is 1. The highest BCUT2D eigenvalue weighted by Gasteiger charge is 2.26. The summed E-state index contributed by atoms with van der Waals surface area (Å²) in [5.74, 6) is -2.36. The van der Waals surface area contributed by atoms with Crippen molar-refractivity contribution in [3.05, 3.63) is 35.9 Å². The molecule has 0 saturated heterocycles. The molecule has 0 bridgehead atoms. The maximum Gasteiger partial charge on any atom is 0.326 e. The number of amides is 1. The van der Waals surface area contributed by atoms with E-state index < -0.39 is 23.9 Å². The fourth-order valence-electron chi connectivity index (χ4n) is 2.61. The number of hydrogen-bond donors (Lipinski definition) is 2. The first-order valence-electron chi connectivity index (χ1n) is 7.84. The molecule has 6 nitrogen and oxygen atoms in total. The SMILES string of the molecule is O=C(C[C@H](NC(=O)c1ccccc1)C(=O)O)OC1CCCCC1. The molecule has 1 aliphatic rings. The number of carbonyl (C=O) groups is 3.